The molecular weight excluding hydrogens is 502 g/mol. The summed E-state index contributed by atoms with van der Waals surface area (Å²) >= 11 is 0. The molecule has 1 atom stereocenters. The number of urea groups is 1. The molecule has 39 heavy (non-hydrogen) atoms. The topological polar surface area (TPSA) is 142 Å². The molecule has 2 fully saturated rings. The monoisotopic (exact) mass is 539 g/mol. The second-order valence-corrected chi connectivity index (χ2v) is 11.4. The van der Waals surface area contributed by atoms with E-state index in [0.717, 1.165) is 43.9 Å². The van der Waals surface area contributed by atoms with Crippen molar-refractivity contribution in [1.29, 1.82) is 0 Å². The lowest BCUT2D eigenvalue weighted by Gasteiger charge is -2.38. The Balaban J connectivity index is 1.32. The Morgan fingerprint density at radius 3 is 2.62 bits per heavy atom. The molecule has 13 nitrogen and oxygen atoms in total. The molecule has 3 N–H and O–H groups in total. The lowest BCUT2D eigenvalue weighted by molar-refractivity contribution is 0.0194. The molecule has 5 rings (SSSR count). The molecule has 3 aliphatic rings. The van der Waals surface area contributed by atoms with E-state index in [1.807, 2.05) is 49.5 Å². The maximum atomic E-state index is 12.5. The van der Waals surface area contributed by atoms with Crippen molar-refractivity contribution in [2.24, 2.45) is 5.73 Å². The van der Waals surface area contributed by atoms with Gasteiger partial charge in [0.25, 0.3) is 5.91 Å². The maximum absolute atomic E-state index is 12.5. The lowest BCUT2D eigenvalue weighted by Crippen LogP contribution is -2.49. The van der Waals surface area contributed by atoms with Crippen molar-refractivity contribution in [3.8, 4) is 0 Å². The summed E-state index contributed by atoms with van der Waals surface area (Å²) < 4.78 is 7.35. The number of anilines is 3. The van der Waals surface area contributed by atoms with E-state index in [4.69, 9.17) is 10.5 Å². The van der Waals surface area contributed by atoms with Gasteiger partial charge < -0.3 is 35.4 Å². The Morgan fingerprint density at radius 1 is 1.13 bits per heavy atom. The van der Waals surface area contributed by atoms with Gasteiger partial charge in [-0.2, -0.15) is 5.10 Å². The van der Waals surface area contributed by atoms with Crippen molar-refractivity contribution in [3.63, 3.8) is 0 Å². The third-order valence-corrected chi connectivity index (χ3v) is 7.27. The van der Waals surface area contributed by atoms with Crippen LogP contribution in [0.25, 0.3) is 0 Å². The molecule has 13 heteroatoms. The van der Waals surface area contributed by atoms with E-state index in [-0.39, 0.29) is 23.9 Å². The third-order valence-electron chi connectivity index (χ3n) is 7.27. The summed E-state index contributed by atoms with van der Waals surface area (Å²) in [5.74, 6) is -0.119. The van der Waals surface area contributed by atoms with Crippen LogP contribution in [0.3, 0.4) is 0 Å². The first-order chi connectivity index (χ1) is 18.5. The summed E-state index contributed by atoms with van der Waals surface area (Å²) in [6.45, 7) is 9.88. The number of ether oxygens (including phenoxy) is 1. The zero-order valence-corrected chi connectivity index (χ0v) is 23.0. The molecular formula is C26H37N9O4. The number of nitrogens with zero attached hydrogens (tertiary/aromatic N) is 7. The molecule has 2 saturated heterocycles. The number of rotatable bonds is 5. The van der Waals surface area contributed by atoms with Crippen LogP contribution in [-0.2, 0) is 17.8 Å². The number of likely N-dealkylation sites (N-methyl/N-ethyl adjacent to an activating group) is 1. The minimum atomic E-state index is -0.647. The molecule has 0 unspecified atom stereocenters. The van der Waals surface area contributed by atoms with Gasteiger partial charge in [0.15, 0.2) is 11.5 Å². The fourth-order valence-corrected chi connectivity index (χ4v) is 5.32. The van der Waals surface area contributed by atoms with Crippen LogP contribution < -0.4 is 16.0 Å². The number of fused-ring (bicyclic) bond motifs is 1. The van der Waals surface area contributed by atoms with Gasteiger partial charge in [-0.05, 0) is 39.7 Å². The van der Waals surface area contributed by atoms with E-state index >= 15 is 0 Å². The second-order valence-electron chi connectivity index (χ2n) is 11.4. The van der Waals surface area contributed by atoms with Gasteiger partial charge in [-0.3, -0.25) is 9.48 Å². The average Bonchev–Trinajstić information content (AvgIpc) is 3.44. The first-order valence-corrected chi connectivity index (χ1v) is 13.4. The quantitative estimate of drug-likeness (QED) is 0.589. The molecule has 4 amide bonds. The van der Waals surface area contributed by atoms with Crippen LogP contribution in [0.5, 0.6) is 0 Å². The highest BCUT2D eigenvalue weighted by molar-refractivity contribution is 5.97. The molecule has 0 spiro atoms. The highest BCUT2D eigenvalue weighted by Gasteiger charge is 2.34. The molecule has 0 bridgehead atoms. The van der Waals surface area contributed by atoms with E-state index < -0.39 is 11.5 Å². The molecule has 2 aromatic heterocycles. The summed E-state index contributed by atoms with van der Waals surface area (Å²) in [5, 5.41) is 7.85. The molecule has 0 aliphatic carbocycles. The van der Waals surface area contributed by atoms with E-state index in [1.165, 1.54) is 0 Å². The van der Waals surface area contributed by atoms with E-state index in [2.05, 4.69) is 20.3 Å². The summed E-state index contributed by atoms with van der Waals surface area (Å²) in [5.41, 5.74) is 7.33. The molecule has 0 aromatic carbocycles. The van der Waals surface area contributed by atoms with E-state index in [9.17, 15) is 14.4 Å². The van der Waals surface area contributed by atoms with E-state index in [1.54, 1.807) is 16.0 Å². The third kappa shape index (κ3) is 5.71. The number of amides is 4. The molecule has 2 aromatic rings. The number of nitrogens with one attached hydrogen (secondary N) is 1. The van der Waals surface area contributed by atoms with Gasteiger partial charge in [-0.1, -0.05) is 0 Å². The Morgan fingerprint density at radius 2 is 1.92 bits per heavy atom. The normalized spacial score (nSPS) is 19.8. The van der Waals surface area contributed by atoms with Crippen LogP contribution in [0.1, 0.15) is 49.8 Å². The number of nitrogens with two attached hydrogens (primary N) is 1. The summed E-state index contributed by atoms with van der Waals surface area (Å²) in [4.78, 5) is 49.2. The SMILES string of the molecule is CN1CCN([C@@H]2CCCN(c3cnc(C(N)=O)c(Nc4cc5n(n4)CCN(C(=O)OC(C)(C)C)C5)c3)C2)C1=O. The van der Waals surface area contributed by atoms with Gasteiger partial charge >= 0.3 is 12.1 Å². The number of hydrogen-bond donors (Lipinski definition) is 2. The van der Waals surface area contributed by atoms with E-state index in [0.29, 0.717) is 37.7 Å². The molecule has 0 saturated carbocycles. The number of primary amides is 1. The molecule has 3 aliphatic heterocycles. The number of hydrogen-bond acceptors (Lipinski definition) is 8. The van der Waals surface area contributed by atoms with Crippen LogP contribution >= 0.6 is 0 Å². The first-order valence-electron chi connectivity index (χ1n) is 13.4. The Bertz CT molecular complexity index is 1270. The van der Waals surface area contributed by atoms with Gasteiger partial charge in [0.2, 0.25) is 0 Å². The number of pyridine rings is 1. The van der Waals surface area contributed by atoms with Gasteiger partial charge in [-0.15, -0.1) is 0 Å². The average molecular weight is 540 g/mol. The van der Waals surface area contributed by atoms with Gasteiger partial charge in [0, 0.05) is 45.8 Å². The van der Waals surface area contributed by atoms with Gasteiger partial charge in [0.1, 0.15) is 5.60 Å². The number of piperidine rings is 1. The fraction of sp³-hybridized carbons (Fsp3) is 0.577. The van der Waals surface area contributed by atoms with Crippen molar-refractivity contribution in [2.75, 3.05) is 50.0 Å². The number of aromatic nitrogens is 3. The number of carbonyl (C=O) groups excluding carboxylic acids is 3. The second kappa shape index (κ2) is 10.3. The van der Waals surface area contributed by atoms with Crippen LogP contribution in [0.15, 0.2) is 18.3 Å². The van der Waals surface area contributed by atoms with Gasteiger partial charge in [-0.25, -0.2) is 14.6 Å². The van der Waals surface area contributed by atoms with Crippen molar-refractivity contribution in [1.82, 2.24) is 29.5 Å². The summed E-state index contributed by atoms with van der Waals surface area (Å²) in [6.07, 6.45) is 3.19. The highest BCUT2D eigenvalue weighted by atomic mass is 16.6. The molecule has 5 heterocycles. The highest BCUT2D eigenvalue weighted by Crippen LogP contribution is 2.29. The molecule has 0 radical (unpaired) electrons. The van der Waals surface area contributed by atoms with Crippen molar-refractivity contribution in [3.05, 3.63) is 29.7 Å². The standard InChI is InChI=1S/C26H37N9O4/c1-26(2,3)39-25(38)33-9-11-35-19(16-33)13-21(30-35)29-20-12-18(14-28-22(20)23(27)36)32-7-5-6-17(15-32)34-10-8-31(4)24(34)37/h12-14,17H,5-11,15-16H2,1-4H3,(H2,27,36)(H,29,30)/t17-/m1/s1. The largest absolute Gasteiger partial charge is 0.444 e. The summed E-state index contributed by atoms with van der Waals surface area (Å²) in [7, 11) is 1.83. The smallest absolute Gasteiger partial charge is 0.410 e. The van der Waals surface area contributed by atoms with Gasteiger partial charge in [0.05, 0.1) is 42.4 Å². The minimum Gasteiger partial charge on any atom is -0.444 e. The summed E-state index contributed by atoms with van der Waals surface area (Å²) in [6, 6.07) is 3.90. The number of carbonyl (C=O) groups is 3. The van der Waals surface area contributed by atoms with Crippen molar-refractivity contribution >= 4 is 35.2 Å². The van der Waals surface area contributed by atoms with Crippen LogP contribution in [0.2, 0.25) is 0 Å². The van der Waals surface area contributed by atoms with Crippen LogP contribution in [0.4, 0.5) is 26.8 Å². The Kier molecular flexibility index (Phi) is 7.00. The Labute approximate surface area is 227 Å². The Hall–Kier alpha value is -4.03. The zero-order chi connectivity index (χ0) is 27.9. The predicted molar refractivity (Wildman–Crippen MR) is 145 cm³/mol. The zero-order valence-electron chi connectivity index (χ0n) is 23.0. The minimum absolute atomic E-state index is 0.0698. The lowest BCUT2D eigenvalue weighted by atomic mass is 10.0. The van der Waals surface area contributed by atoms with Crippen molar-refractivity contribution < 1.29 is 19.1 Å². The van der Waals surface area contributed by atoms with Crippen LogP contribution in [-0.4, -0.2) is 98.9 Å². The van der Waals surface area contributed by atoms with Crippen molar-refractivity contribution in [2.45, 2.75) is 58.3 Å². The first kappa shape index (κ1) is 26.6. The fourth-order valence-electron chi connectivity index (χ4n) is 5.32. The maximum Gasteiger partial charge on any atom is 0.410 e. The molecule has 210 valence electrons. The van der Waals surface area contributed by atoms with Crippen LogP contribution in [0, 0.1) is 0 Å². The predicted octanol–water partition coefficient (Wildman–Crippen LogP) is 2.21.